The lowest BCUT2D eigenvalue weighted by Gasteiger charge is -2.04. The topological polar surface area (TPSA) is 43.8 Å². The SMILES string of the molecule is NCC#Cc1cc(Cn2cc(C(F)(F)F)cn2)ccc1F. The fourth-order valence-electron chi connectivity index (χ4n) is 1.70. The van der Waals surface area contributed by atoms with Crippen molar-refractivity contribution in [2.75, 3.05) is 6.54 Å². The van der Waals surface area contributed by atoms with E-state index in [1.54, 1.807) is 0 Å². The van der Waals surface area contributed by atoms with E-state index < -0.39 is 17.6 Å². The van der Waals surface area contributed by atoms with Crippen LogP contribution in [0, 0.1) is 17.7 Å². The van der Waals surface area contributed by atoms with Gasteiger partial charge in [-0.2, -0.15) is 18.3 Å². The number of halogens is 4. The van der Waals surface area contributed by atoms with Gasteiger partial charge in [0.25, 0.3) is 0 Å². The first-order chi connectivity index (χ1) is 9.90. The Kier molecular flexibility index (Phi) is 4.29. The van der Waals surface area contributed by atoms with Gasteiger partial charge in [0.1, 0.15) is 5.82 Å². The molecule has 0 bridgehead atoms. The van der Waals surface area contributed by atoms with Crippen LogP contribution in [-0.4, -0.2) is 16.3 Å². The molecule has 110 valence electrons. The molecular formula is C14H11F4N3. The molecule has 2 N–H and O–H groups in total. The number of hydrogen-bond donors (Lipinski definition) is 1. The molecule has 0 spiro atoms. The molecule has 0 saturated carbocycles. The molecule has 1 heterocycles. The summed E-state index contributed by atoms with van der Waals surface area (Å²) in [4.78, 5) is 0. The Morgan fingerprint density at radius 3 is 2.67 bits per heavy atom. The van der Waals surface area contributed by atoms with Crippen LogP contribution in [0.25, 0.3) is 0 Å². The van der Waals surface area contributed by atoms with E-state index in [0.717, 1.165) is 17.1 Å². The van der Waals surface area contributed by atoms with E-state index in [4.69, 9.17) is 5.73 Å². The minimum absolute atomic E-state index is 0.0909. The standard InChI is InChI=1S/C14H11F4N3/c15-13-4-3-10(6-11(13)2-1-5-19)8-21-9-12(7-20-21)14(16,17)18/h3-4,6-7,9H,5,8,19H2. The predicted molar refractivity (Wildman–Crippen MR) is 68.7 cm³/mol. The minimum Gasteiger partial charge on any atom is -0.320 e. The number of rotatable bonds is 2. The summed E-state index contributed by atoms with van der Waals surface area (Å²) in [5.41, 5.74) is 5.13. The lowest BCUT2D eigenvalue weighted by Crippen LogP contribution is -2.04. The van der Waals surface area contributed by atoms with Gasteiger partial charge in [-0.25, -0.2) is 4.39 Å². The lowest BCUT2D eigenvalue weighted by molar-refractivity contribution is -0.137. The third kappa shape index (κ3) is 3.83. The highest BCUT2D eigenvalue weighted by Gasteiger charge is 2.32. The number of hydrogen-bond acceptors (Lipinski definition) is 2. The van der Waals surface area contributed by atoms with E-state index in [0.29, 0.717) is 5.56 Å². The van der Waals surface area contributed by atoms with Crippen molar-refractivity contribution >= 4 is 0 Å². The van der Waals surface area contributed by atoms with Crippen LogP contribution in [0.5, 0.6) is 0 Å². The summed E-state index contributed by atoms with van der Waals surface area (Å²) in [5.74, 6) is 4.59. The molecule has 0 unspecified atom stereocenters. The summed E-state index contributed by atoms with van der Waals surface area (Å²) in [6.45, 7) is 0.186. The van der Waals surface area contributed by atoms with Gasteiger partial charge in [0.15, 0.2) is 0 Å². The molecule has 1 aromatic carbocycles. The van der Waals surface area contributed by atoms with Crippen molar-refractivity contribution in [2.45, 2.75) is 12.7 Å². The van der Waals surface area contributed by atoms with E-state index in [-0.39, 0.29) is 18.7 Å². The molecule has 0 fully saturated rings. The van der Waals surface area contributed by atoms with E-state index in [9.17, 15) is 17.6 Å². The summed E-state index contributed by atoms with van der Waals surface area (Å²) in [5, 5.41) is 3.64. The Balaban J connectivity index is 2.22. The summed E-state index contributed by atoms with van der Waals surface area (Å²) in [7, 11) is 0. The molecular weight excluding hydrogens is 286 g/mol. The fourth-order valence-corrected chi connectivity index (χ4v) is 1.70. The van der Waals surface area contributed by atoms with Gasteiger partial charge in [0.2, 0.25) is 0 Å². The van der Waals surface area contributed by atoms with E-state index in [1.807, 2.05) is 0 Å². The summed E-state index contributed by atoms with van der Waals surface area (Å²) < 4.78 is 52.0. The first kappa shape index (κ1) is 15.1. The lowest BCUT2D eigenvalue weighted by atomic mass is 10.1. The van der Waals surface area contributed by atoms with Gasteiger partial charge in [-0.3, -0.25) is 4.68 Å². The maximum Gasteiger partial charge on any atom is 0.419 e. The Hall–Kier alpha value is -2.33. The molecule has 0 atom stereocenters. The van der Waals surface area contributed by atoms with Crippen LogP contribution in [-0.2, 0) is 12.7 Å². The smallest absolute Gasteiger partial charge is 0.320 e. The zero-order valence-electron chi connectivity index (χ0n) is 10.8. The maximum absolute atomic E-state index is 13.5. The van der Waals surface area contributed by atoms with Crippen LogP contribution in [0.2, 0.25) is 0 Å². The van der Waals surface area contributed by atoms with Crippen LogP contribution in [0.15, 0.2) is 30.6 Å². The van der Waals surface area contributed by atoms with Gasteiger partial charge < -0.3 is 5.73 Å². The average Bonchev–Trinajstić information content (AvgIpc) is 2.88. The highest BCUT2D eigenvalue weighted by molar-refractivity contribution is 5.38. The van der Waals surface area contributed by atoms with Crippen molar-refractivity contribution in [1.82, 2.24) is 9.78 Å². The van der Waals surface area contributed by atoms with E-state index in [1.165, 1.54) is 18.2 Å². The molecule has 0 amide bonds. The van der Waals surface area contributed by atoms with Gasteiger partial charge in [0, 0.05) is 6.20 Å². The van der Waals surface area contributed by atoms with Crippen molar-refractivity contribution in [1.29, 1.82) is 0 Å². The number of nitrogens with two attached hydrogens (primary N) is 1. The maximum atomic E-state index is 13.5. The first-order valence-corrected chi connectivity index (χ1v) is 5.97. The van der Waals surface area contributed by atoms with Gasteiger partial charge in [-0.05, 0) is 17.7 Å². The summed E-state index contributed by atoms with van der Waals surface area (Å²) in [6, 6.07) is 4.15. The number of aromatic nitrogens is 2. The van der Waals surface area contributed by atoms with Crippen LogP contribution in [0.4, 0.5) is 17.6 Å². The zero-order valence-corrected chi connectivity index (χ0v) is 10.8. The van der Waals surface area contributed by atoms with Gasteiger partial charge >= 0.3 is 6.18 Å². The van der Waals surface area contributed by atoms with Crippen LogP contribution in [0.1, 0.15) is 16.7 Å². The molecule has 2 aromatic rings. The largest absolute Gasteiger partial charge is 0.419 e. The Morgan fingerprint density at radius 2 is 2.05 bits per heavy atom. The number of alkyl halides is 3. The third-order valence-corrected chi connectivity index (χ3v) is 2.66. The average molecular weight is 297 g/mol. The summed E-state index contributed by atoms with van der Waals surface area (Å²) >= 11 is 0. The quantitative estimate of drug-likeness (QED) is 0.683. The Labute approximate surface area is 118 Å². The van der Waals surface area contributed by atoms with Gasteiger partial charge in [-0.1, -0.05) is 17.9 Å². The van der Waals surface area contributed by atoms with E-state index >= 15 is 0 Å². The zero-order chi connectivity index (χ0) is 15.5. The highest BCUT2D eigenvalue weighted by Crippen LogP contribution is 2.28. The molecule has 1 aromatic heterocycles. The highest BCUT2D eigenvalue weighted by atomic mass is 19.4. The Bertz CT molecular complexity index is 692. The van der Waals surface area contributed by atoms with Crippen molar-refractivity contribution in [3.8, 4) is 11.8 Å². The van der Waals surface area contributed by atoms with E-state index in [2.05, 4.69) is 16.9 Å². The van der Waals surface area contributed by atoms with Crippen molar-refractivity contribution < 1.29 is 17.6 Å². The normalized spacial score (nSPS) is 11.1. The molecule has 2 rings (SSSR count). The van der Waals surface area contributed by atoms with Crippen LogP contribution >= 0.6 is 0 Å². The third-order valence-electron chi connectivity index (χ3n) is 2.66. The minimum atomic E-state index is -4.43. The predicted octanol–water partition coefficient (Wildman–Crippen LogP) is 2.40. The van der Waals surface area contributed by atoms with Crippen molar-refractivity contribution in [2.24, 2.45) is 5.73 Å². The van der Waals surface area contributed by atoms with Crippen LogP contribution < -0.4 is 5.73 Å². The monoisotopic (exact) mass is 297 g/mol. The van der Waals surface area contributed by atoms with Crippen molar-refractivity contribution in [3.63, 3.8) is 0 Å². The second-order valence-corrected chi connectivity index (χ2v) is 4.24. The molecule has 0 aliphatic rings. The second kappa shape index (κ2) is 5.97. The molecule has 0 aliphatic heterocycles. The fraction of sp³-hybridized carbons (Fsp3) is 0.214. The molecule has 3 nitrogen and oxygen atoms in total. The van der Waals surface area contributed by atoms with Crippen molar-refractivity contribution in [3.05, 3.63) is 53.1 Å². The first-order valence-electron chi connectivity index (χ1n) is 5.97. The van der Waals surface area contributed by atoms with Crippen LogP contribution in [0.3, 0.4) is 0 Å². The molecule has 7 heteroatoms. The number of nitrogens with zero attached hydrogens (tertiary/aromatic N) is 2. The van der Waals surface area contributed by atoms with Gasteiger partial charge in [0.05, 0.1) is 30.4 Å². The summed E-state index contributed by atoms with van der Waals surface area (Å²) in [6.07, 6.45) is -2.79. The second-order valence-electron chi connectivity index (χ2n) is 4.24. The Morgan fingerprint density at radius 1 is 1.29 bits per heavy atom. The van der Waals surface area contributed by atoms with Gasteiger partial charge in [-0.15, -0.1) is 0 Å². The molecule has 0 radical (unpaired) electrons. The molecule has 0 aliphatic carbocycles. The number of benzene rings is 1. The molecule has 0 saturated heterocycles. The molecule has 21 heavy (non-hydrogen) atoms.